The van der Waals surface area contributed by atoms with Gasteiger partial charge in [-0.25, -0.2) is 9.97 Å². The second-order valence-electron chi connectivity index (χ2n) is 7.82. The van der Waals surface area contributed by atoms with Crippen molar-refractivity contribution in [2.45, 2.75) is 44.7 Å². The average Bonchev–Trinajstić information content (AvgIpc) is 3.39. The Hall–Kier alpha value is -2.22. The zero-order valence-corrected chi connectivity index (χ0v) is 15.5. The summed E-state index contributed by atoms with van der Waals surface area (Å²) in [5.41, 5.74) is 2.08. The molecule has 5 rings (SSSR count). The summed E-state index contributed by atoms with van der Waals surface area (Å²) in [4.78, 5) is 9.52. The molecule has 7 heteroatoms. The van der Waals surface area contributed by atoms with Crippen molar-refractivity contribution in [2.24, 2.45) is 5.92 Å². The molecule has 0 amide bonds. The topological polar surface area (TPSA) is 74.3 Å². The van der Waals surface area contributed by atoms with Crippen LogP contribution in [0.1, 0.15) is 19.9 Å². The van der Waals surface area contributed by atoms with Crippen molar-refractivity contribution in [3.63, 3.8) is 0 Å². The van der Waals surface area contributed by atoms with Crippen molar-refractivity contribution < 1.29 is 14.6 Å². The molecule has 4 heterocycles. The Labute approximate surface area is 157 Å². The summed E-state index contributed by atoms with van der Waals surface area (Å²) in [5, 5.41) is 10.0. The van der Waals surface area contributed by atoms with Crippen molar-refractivity contribution in [3.05, 3.63) is 36.7 Å². The van der Waals surface area contributed by atoms with Gasteiger partial charge in [-0.2, -0.15) is 0 Å². The fourth-order valence-electron chi connectivity index (χ4n) is 4.25. The minimum atomic E-state index is -0.558. The van der Waals surface area contributed by atoms with Crippen LogP contribution < -0.4 is 0 Å². The molecule has 1 N–H and O–H groups in total. The fourth-order valence-corrected chi connectivity index (χ4v) is 4.25. The molecule has 0 radical (unpaired) electrons. The highest BCUT2D eigenvalue weighted by atomic mass is 16.6. The first-order valence-electron chi connectivity index (χ1n) is 9.53. The molecule has 27 heavy (non-hydrogen) atoms. The van der Waals surface area contributed by atoms with Gasteiger partial charge >= 0.3 is 0 Å². The number of aliphatic hydroxyl groups is 1. The van der Waals surface area contributed by atoms with Gasteiger partial charge in [0.1, 0.15) is 18.3 Å². The Kier molecular flexibility index (Phi) is 4.03. The highest BCUT2D eigenvalue weighted by molar-refractivity contribution is 5.79. The first-order chi connectivity index (χ1) is 13.1. The van der Waals surface area contributed by atoms with Gasteiger partial charge in [-0.15, -0.1) is 0 Å². The van der Waals surface area contributed by atoms with E-state index in [-0.39, 0.29) is 18.2 Å². The molecule has 2 fully saturated rings. The van der Waals surface area contributed by atoms with Crippen LogP contribution in [0, 0.1) is 5.92 Å². The summed E-state index contributed by atoms with van der Waals surface area (Å²) in [5.74, 6) is 2.15. The standard InChI is InChI=1S/C20H24N4O3/c1-12(2)9-24-14-6-4-3-5-13(14)22-20(24)19-21-7-8-23(19)15-10-26-18-16(25)11-27-17(15)18/h3-8,12,15-18,25H,9-11H2,1-2H3/t15-,16-,17-,18-/m1/s1. The van der Waals surface area contributed by atoms with E-state index in [1.165, 1.54) is 0 Å². The maximum Gasteiger partial charge on any atom is 0.177 e. The Morgan fingerprint density at radius 3 is 2.81 bits per heavy atom. The molecule has 2 aliphatic heterocycles. The van der Waals surface area contributed by atoms with Crippen LogP contribution in [0.5, 0.6) is 0 Å². The van der Waals surface area contributed by atoms with E-state index in [2.05, 4.69) is 34.0 Å². The number of nitrogens with zero attached hydrogens (tertiary/aromatic N) is 4. The van der Waals surface area contributed by atoms with E-state index in [0.29, 0.717) is 19.1 Å². The van der Waals surface area contributed by atoms with Crippen LogP contribution >= 0.6 is 0 Å². The van der Waals surface area contributed by atoms with E-state index < -0.39 is 6.10 Å². The first kappa shape index (κ1) is 16.9. The van der Waals surface area contributed by atoms with E-state index in [0.717, 1.165) is 29.2 Å². The molecular formula is C20H24N4O3. The lowest BCUT2D eigenvalue weighted by Crippen LogP contribution is -2.30. The normalized spacial score (nSPS) is 27.7. The molecule has 142 valence electrons. The van der Waals surface area contributed by atoms with Crippen molar-refractivity contribution in [3.8, 4) is 11.6 Å². The Balaban J connectivity index is 1.60. The monoisotopic (exact) mass is 368 g/mol. The second-order valence-corrected chi connectivity index (χ2v) is 7.82. The van der Waals surface area contributed by atoms with Gasteiger partial charge in [0, 0.05) is 18.9 Å². The third-order valence-electron chi connectivity index (χ3n) is 5.43. The molecule has 0 bridgehead atoms. The predicted octanol–water partition coefficient (Wildman–Crippen LogP) is 2.26. The van der Waals surface area contributed by atoms with Crippen LogP contribution in [0.3, 0.4) is 0 Å². The number of hydrogen-bond acceptors (Lipinski definition) is 5. The van der Waals surface area contributed by atoms with Crippen LogP contribution in [0.15, 0.2) is 36.7 Å². The molecule has 2 saturated heterocycles. The van der Waals surface area contributed by atoms with Crippen LogP contribution in [-0.2, 0) is 16.0 Å². The molecular weight excluding hydrogens is 344 g/mol. The summed E-state index contributed by atoms with van der Waals surface area (Å²) in [7, 11) is 0. The SMILES string of the molecule is CC(C)Cn1c(-c2nccn2[C@@H]2CO[C@H]3[C@@H]2OC[C@H]3O)nc2ccccc21. The molecule has 0 saturated carbocycles. The lowest BCUT2D eigenvalue weighted by atomic mass is 10.1. The highest BCUT2D eigenvalue weighted by Crippen LogP contribution is 2.36. The number of aliphatic hydroxyl groups excluding tert-OH is 1. The molecule has 1 aromatic carbocycles. The number of para-hydroxylation sites is 2. The fraction of sp³-hybridized carbons (Fsp3) is 0.500. The maximum absolute atomic E-state index is 10.0. The van der Waals surface area contributed by atoms with E-state index in [1.807, 2.05) is 24.4 Å². The van der Waals surface area contributed by atoms with Gasteiger partial charge < -0.3 is 23.7 Å². The quantitative estimate of drug-likeness (QED) is 0.765. The number of rotatable bonds is 4. The summed E-state index contributed by atoms with van der Waals surface area (Å²) >= 11 is 0. The zero-order valence-electron chi connectivity index (χ0n) is 15.5. The molecule has 2 aromatic heterocycles. The molecule has 0 spiro atoms. The van der Waals surface area contributed by atoms with Gasteiger partial charge in [0.05, 0.1) is 30.3 Å². The van der Waals surface area contributed by atoms with Gasteiger partial charge in [-0.3, -0.25) is 0 Å². The summed E-state index contributed by atoms with van der Waals surface area (Å²) < 4.78 is 16.0. The van der Waals surface area contributed by atoms with Crippen LogP contribution in [0.2, 0.25) is 0 Å². The van der Waals surface area contributed by atoms with Crippen molar-refractivity contribution in [1.82, 2.24) is 19.1 Å². The van der Waals surface area contributed by atoms with E-state index in [9.17, 15) is 5.11 Å². The minimum Gasteiger partial charge on any atom is -0.388 e. The Morgan fingerprint density at radius 1 is 1.15 bits per heavy atom. The van der Waals surface area contributed by atoms with Gasteiger partial charge in [-0.1, -0.05) is 26.0 Å². The van der Waals surface area contributed by atoms with Crippen molar-refractivity contribution in [2.75, 3.05) is 13.2 Å². The molecule has 4 atom stereocenters. The zero-order chi connectivity index (χ0) is 18.5. The Morgan fingerprint density at radius 2 is 1.96 bits per heavy atom. The molecule has 7 nitrogen and oxygen atoms in total. The number of benzene rings is 1. The second kappa shape index (κ2) is 6.44. The van der Waals surface area contributed by atoms with Gasteiger partial charge in [0.2, 0.25) is 0 Å². The number of fused-ring (bicyclic) bond motifs is 2. The largest absolute Gasteiger partial charge is 0.388 e. The van der Waals surface area contributed by atoms with Crippen LogP contribution in [-0.4, -0.2) is 55.7 Å². The van der Waals surface area contributed by atoms with E-state index >= 15 is 0 Å². The number of ether oxygens (including phenoxy) is 2. The number of hydrogen-bond donors (Lipinski definition) is 1. The van der Waals surface area contributed by atoms with Gasteiger partial charge in [0.15, 0.2) is 11.6 Å². The smallest absolute Gasteiger partial charge is 0.177 e. The number of aromatic nitrogens is 4. The summed E-state index contributed by atoms with van der Waals surface area (Å²) in [6.07, 6.45) is 2.78. The molecule has 0 aliphatic carbocycles. The maximum atomic E-state index is 10.0. The third kappa shape index (κ3) is 2.69. The molecule has 3 aromatic rings. The first-order valence-corrected chi connectivity index (χ1v) is 9.53. The lowest BCUT2D eigenvalue weighted by molar-refractivity contribution is 0.0172. The van der Waals surface area contributed by atoms with Crippen molar-refractivity contribution >= 4 is 11.0 Å². The van der Waals surface area contributed by atoms with Crippen LogP contribution in [0.4, 0.5) is 0 Å². The third-order valence-corrected chi connectivity index (χ3v) is 5.43. The molecule has 2 aliphatic rings. The predicted molar refractivity (Wildman–Crippen MR) is 100 cm³/mol. The van der Waals surface area contributed by atoms with E-state index in [1.54, 1.807) is 6.20 Å². The molecule has 0 unspecified atom stereocenters. The van der Waals surface area contributed by atoms with Gasteiger partial charge in [0.25, 0.3) is 0 Å². The minimum absolute atomic E-state index is 0.0167. The summed E-state index contributed by atoms with van der Waals surface area (Å²) in [6.45, 7) is 6.09. The average molecular weight is 368 g/mol. The summed E-state index contributed by atoms with van der Waals surface area (Å²) in [6, 6.07) is 8.17. The Bertz CT molecular complexity index is 963. The van der Waals surface area contributed by atoms with E-state index in [4.69, 9.17) is 14.5 Å². The lowest BCUT2D eigenvalue weighted by Gasteiger charge is -2.20. The highest BCUT2D eigenvalue weighted by Gasteiger charge is 2.48. The van der Waals surface area contributed by atoms with Crippen LogP contribution in [0.25, 0.3) is 22.7 Å². The number of imidazole rings is 2. The van der Waals surface area contributed by atoms with Crippen molar-refractivity contribution in [1.29, 1.82) is 0 Å². The van der Waals surface area contributed by atoms with Gasteiger partial charge in [-0.05, 0) is 18.1 Å².